The van der Waals surface area contributed by atoms with E-state index in [0.29, 0.717) is 13.2 Å². The molecule has 0 fully saturated rings. The topological polar surface area (TPSA) is 27.7 Å². The van der Waals surface area contributed by atoms with Gasteiger partial charge in [0.05, 0.1) is 13.2 Å². The Balaban J connectivity index is 0.00000256. The van der Waals surface area contributed by atoms with Gasteiger partial charge in [-0.2, -0.15) is 9.90 Å². The summed E-state index contributed by atoms with van der Waals surface area (Å²) in [6.45, 7) is 5.20. The van der Waals surface area contributed by atoms with Gasteiger partial charge in [0.2, 0.25) is 0 Å². The predicted molar refractivity (Wildman–Crippen MR) is 77.3 cm³/mol. The Morgan fingerprint density at radius 3 is 2.06 bits per heavy atom. The Kier molecular flexibility index (Phi) is 9.91. The zero-order valence-electron chi connectivity index (χ0n) is 10.8. The SMILES string of the molecule is CCOP(OC)OCc1ccc(CC)cc1.P. The van der Waals surface area contributed by atoms with Crippen molar-refractivity contribution in [3.05, 3.63) is 35.4 Å². The Morgan fingerprint density at radius 2 is 1.59 bits per heavy atom. The number of hydrogen-bond acceptors (Lipinski definition) is 3. The molecule has 0 aromatic heterocycles. The van der Waals surface area contributed by atoms with Crippen molar-refractivity contribution >= 4 is 18.5 Å². The third-order valence-corrected chi connectivity index (χ3v) is 3.26. The molecule has 0 saturated heterocycles. The summed E-state index contributed by atoms with van der Waals surface area (Å²) in [5.74, 6) is 0. The molecule has 0 N–H and O–H groups in total. The van der Waals surface area contributed by atoms with Gasteiger partial charge in [-0.3, -0.25) is 0 Å². The van der Waals surface area contributed by atoms with Gasteiger partial charge in [0.25, 0.3) is 0 Å². The van der Waals surface area contributed by atoms with Crippen molar-refractivity contribution in [3.63, 3.8) is 0 Å². The second-order valence-corrected chi connectivity index (χ2v) is 4.60. The molecule has 0 spiro atoms. The highest BCUT2D eigenvalue weighted by atomic mass is 31.2. The first kappa shape index (κ1) is 17.0. The molecule has 0 saturated carbocycles. The first-order valence-electron chi connectivity index (χ1n) is 5.48. The molecule has 0 radical (unpaired) electrons. The Morgan fingerprint density at radius 1 is 1.00 bits per heavy atom. The molecule has 1 aromatic carbocycles. The van der Waals surface area contributed by atoms with Crippen LogP contribution in [0.25, 0.3) is 0 Å². The summed E-state index contributed by atoms with van der Waals surface area (Å²) < 4.78 is 15.9. The lowest BCUT2D eigenvalue weighted by Crippen LogP contribution is -1.94. The summed E-state index contributed by atoms with van der Waals surface area (Å²) in [6, 6.07) is 8.39. The lowest BCUT2D eigenvalue weighted by atomic mass is 10.1. The molecule has 0 aliphatic heterocycles. The third-order valence-electron chi connectivity index (χ3n) is 2.15. The molecule has 17 heavy (non-hydrogen) atoms. The molecule has 2 unspecified atom stereocenters. The maximum absolute atomic E-state index is 5.51. The predicted octanol–water partition coefficient (Wildman–Crippen LogP) is 3.73. The maximum Gasteiger partial charge on any atom is 0.332 e. The van der Waals surface area contributed by atoms with Crippen molar-refractivity contribution in [1.29, 1.82) is 0 Å². The number of benzene rings is 1. The van der Waals surface area contributed by atoms with Crippen LogP contribution in [0.3, 0.4) is 0 Å². The van der Waals surface area contributed by atoms with Crippen LogP contribution < -0.4 is 0 Å². The van der Waals surface area contributed by atoms with Crippen LogP contribution in [0.1, 0.15) is 25.0 Å². The number of aryl methyl sites for hydroxylation is 1. The lowest BCUT2D eigenvalue weighted by molar-refractivity contribution is 0.180. The summed E-state index contributed by atoms with van der Waals surface area (Å²) in [5, 5.41) is 0. The fourth-order valence-corrected chi connectivity index (χ4v) is 2.00. The molecule has 0 aliphatic carbocycles. The highest BCUT2D eigenvalue weighted by Crippen LogP contribution is 2.39. The second-order valence-electron chi connectivity index (χ2n) is 3.27. The average Bonchev–Trinajstić information content (AvgIpc) is 2.35. The molecule has 0 amide bonds. The lowest BCUT2D eigenvalue weighted by Gasteiger charge is -2.13. The molecule has 3 nitrogen and oxygen atoms in total. The smallest absolute Gasteiger partial charge is 0.316 e. The minimum absolute atomic E-state index is 0. The number of hydrogen-bond donors (Lipinski definition) is 0. The van der Waals surface area contributed by atoms with Gasteiger partial charge >= 0.3 is 8.60 Å². The van der Waals surface area contributed by atoms with Crippen molar-refractivity contribution in [2.45, 2.75) is 26.9 Å². The quantitative estimate of drug-likeness (QED) is 0.710. The van der Waals surface area contributed by atoms with E-state index < -0.39 is 8.60 Å². The highest BCUT2D eigenvalue weighted by molar-refractivity contribution is 7.41. The summed E-state index contributed by atoms with van der Waals surface area (Å²) in [5.41, 5.74) is 2.48. The first-order chi connectivity index (χ1) is 7.80. The van der Waals surface area contributed by atoms with E-state index in [4.69, 9.17) is 13.6 Å². The van der Waals surface area contributed by atoms with Gasteiger partial charge in [-0.25, -0.2) is 0 Å². The average molecular weight is 276 g/mol. The van der Waals surface area contributed by atoms with Crippen LogP contribution in [0.5, 0.6) is 0 Å². The molecule has 1 aromatic rings. The van der Waals surface area contributed by atoms with E-state index in [2.05, 4.69) is 31.2 Å². The zero-order valence-corrected chi connectivity index (χ0v) is 13.1. The third kappa shape index (κ3) is 6.45. The molecule has 1 rings (SSSR count). The summed E-state index contributed by atoms with van der Waals surface area (Å²) >= 11 is 0. The normalized spacial score (nSPS) is 11.9. The second kappa shape index (κ2) is 9.94. The van der Waals surface area contributed by atoms with Crippen LogP contribution in [-0.2, 0) is 26.6 Å². The summed E-state index contributed by atoms with van der Waals surface area (Å²) in [7, 11) is 0.405. The minimum atomic E-state index is -1.19. The van der Waals surface area contributed by atoms with Crippen LogP contribution in [0.4, 0.5) is 0 Å². The van der Waals surface area contributed by atoms with Gasteiger partial charge in [0.1, 0.15) is 0 Å². The van der Waals surface area contributed by atoms with E-state index in [1.807, 2.05) is 6.92 Å². The molecular formula is C12H22O3P2. The van der Waals surface area contributed by atoms with Crippen LogP contribution in [0, 0.1) is 0 Å². The fourth-order valence-electron chi connectivity index (χ4n) is 1.25. The van der Waals surface area contributed by atoms with E-state index in [1.54, 1.807) is 7.11 Å². The minimum Gasteiger partial charge on any atom is -0.316 e. The van der Waals surface area contributed by atoms with Gasteiger partial charge in [0.15, 0.2) is 0 Å². The Bertz CT molecular complexity index is 290. The standard InChI is InChI=1S/C12H19O3P.H3P/c1-4-11-6-8-12(9-7-11)10-15-16(13-3)14-5-2;/h6-9H,4-5,10H2,1-3H3;1H3. The monoisotopic (exact) mass is 276 g/mol. The van der Waals surface area contributed by atoms with E-state index >= 15 is 0 Å². The van der Waals surface area contributed by atoms with Crippen LogP contribution in [-0.4, -0.2) is 13.7 Å². The number of rotatable bonds is 7. The molecule has 2 atom stereocenters. The van der Waals surface area contributed by atoms with E-state index in [-0.39, 0.29) is 9.90 Å². The van der Waals surface area contributed by atoms with Gasteiger partial charge in [-0.15, -0.1) is 0 Å². The van der Waals surface area contributed by atoms with Crippen molar-refractivity contribution in [2.24, 2.45) is 0 Å². The van der Waals surface area contributed by atoms with Crippen molar-refractivity contribution in [3.8, 4) is 0 Å². The molecule has 0 bridgehead atoms. The maximum atomic E-state index is 5.51. The van der Waals surface area contributed by atoms with Gasteiger partial charge in [-0.1, -0.05) is 31.2 Å². The summed E-state index contributed by atoms with van der Waals surface area (Å²) in [6.07, 6.45) is 1.06. The molecular weight excluding hydrogens is 254 g/mol. The van der Waals surface area contributed by atoms with E-state index in [1.165, 1.54) is 5.56 Å². The van der Waals surface area contributed by atoms with Crippen LogP contribution in [0.2, 0.25) is 0 Å². The Labute approximate surface area is 108 Å². The molecule has 98 valence electrons. The Hall–Kier alpha value is -0.0400. The van der Waals surface area contributed by atoms with Crippen LogP contribution >= 0.6 is 18.5 Å². The van der Waals surface area contributed by atoms with Crippen molar-refractivity contribution in [2.75, 3.05) is 13.7 Å². The molecule has 5 heteroatoms. The fraction of sp³-hybridized carbons (Fsp3) is 0.500. The van der Waals surface area contributed by atoms with Crippen LogP contribution in [0.15, 0.2) is 24.3 Å². The zero-order chi connectivity index (χ0) is 11.8. The van der Waals surface area contributed by atoms with Gasteiger partial charge in [-0.05, 0) is 24.5 Å². The summed E-state index contributed by atoms with van der Waals surface area (Å²) in [4.78, 5) is 0. The van der Waals surface area contributed by atoms with Gasteiger partial charge in [0, 0.05) is 7.11 Å². The largest absolute Gasteiger partial charge is 0.332 e. The van der Waals surface area contributed by atoms with Gasteiger partial charge < -0.3 is 13.6 Å². The molecule has 0 aliphatic rings. The van der Waals surface area contributed by atoms with E-state index in [9.17, 15) is 0 Å². The molecule has 0 heterocycles. The van der Waals surface area contributed by atoms with Crippen molar-refractivity contribution in [1.82, 2.24) is 0 Å². The highest BCUT2D eigenvalue weighted by Gasteiger charge is 2.08. The van der Waals surface area contributed by atoms with Crippen molar-refractivity contribution < 1.29 is 13.6 Å². The van der Waals surface area contributed by atoms with E-state index in [0.717, 1.165) is 12.0 Å². The first-order valence-corrected chi connectivity index (χ1v) is 6.57.